The molecular weight excluding hydrogens is 341 g/mol. The Hall–Kier alpha value is -1.56. The van der Waals surface area contributed by atoms with Gasteiger partial charge in [-0.2, -0.15) is 0 Å². The van der Waals surface area contributed by atoms with Crippen LogP contribution in [-0.2, 0) is 0 Å². The van der Waals surface area contributed by atoms with Crippen LogP contribution in [0.15, 0.2) is 51.9 Å². The lowest BCUT2D eigenvalue weighted by molar-refractivity contribution is 0.524. The van der Waals surface area contributed by atoms with Gasteiger partial charge in [0.2, 0.25) is 0 Å². The molecule has 0 atom stereocenters. The summed E-state index contributed by atoms with van der Waals surface area (Å²) in [5.74, 6) is 0.586. The number of fused-ring (bicyclic) bond motifs is 1. The Morgan fingerprint density at radius 3 is 2.83 bits per heavy atom. The van der Waals surface area contributed by atoms with Gasteiger partial charge in [-0.25, -0.2) is 4.79 Å². The molecule has 2 aromatic heterocycles. The Kier molecular flexibility index (Phi) is 2.74. The minimum atomic E-state index is -0.308. The van der Waals surface area contributed by atoms with Crippen LogP contribution >= 0.6 is 22.6 Å². The maximum Gasteiger partial charge on any atom is 0.360 e. The van der Waals surface area contributed by atoms with E-state index in [0.29, 0.717) is 11.3 Å². The first kappa shape index (κ1) is 11.5. The van der Waals surface area contributed by atoms with Gasteiger partial charge in [0, 0.05) is 15.3 Å². The molecule has 0 aliphatic heterocycles. The molecular formula is C14H10INO2. The summed E-state index contributed by atoms with van der Waals surface area (Å²) >= 11 is 2.18. The molecule has 0 radical (unpaired) electrons. The second-order valence-electron chi connectivity index (χ2n) is 4.20. The minimum Gasteiger partial charge on any atom is -0.420 e. The fourth-order valence-electron chi connectivity index (χ4n) is 1.95. The first-order valence-corrected chi connectivity index (χ1v) is 6.60. The topological polar surface area (TPSA) is 34.6 Å². The maximum atomic E-state index is 11.9. The summed E-state index contributed by atoms with van der Waals surface area (Å²) < 4.78 is 8.19. The van der Waals surface area contributed by atoms with Crippen LogP contribution in [-0.4, -0.2) is 4.40 Å². The van der Waals surface area contributed by atoms with Crippen molar-refractivity contribution in [2.75, 3.05) is 0 Å². The van der Waals surface area contributed by atoms with E-state index >= 15 is 0 Å². The molecule has 3 rings (SSSR count). The van der Waals surface area contributed by atoms with Crippen molar-refractivity contribution in [1.82, 2.24) is 4.40 Å². The first-order valence-electron chi connectivity index (χ1n) is 5.52. The Balaban J connectivity index is 2.27. The van der Waals surface area contributed by atoms with Crippen molar-refractivity contribution in [1.29, 1.82) is 0 Å². The number of benzene rings is 1. The Morgan fingerprint density at radius 2 is 2.06 bits per heavy atom. The fraction of sp³-hybridized carbons (Fsp3) is 0.0714. The van der Waals surface area contributed by atoms with Crippen molar-refractivity contribution in [2.24, 2.45) is 0 Å². The molecule has 0 bridgehead atoms. The van der Waals surface area contributed by atoms with Gasteiger partial charge in [-0.05, 0) is 41.6 Å². The average molecular weight is 351 g/mol. The standard InChI is InChI=1S/C14H10INO2/c1-9-3-2-4-10(5-9)13-8-16-7-11(15)6-12(16)14(17)18-13/h2-8H,1H3. The molecule has 0 unspecified atom stereocenters. The van der Waals surface area contributed by atoms with Crippen LogP contribution in [0.25, 0.3) is 16.8 Å². The molecule has 0 amide bonds. The van der Waals surface area contributed by atoms with E-state index in [2.05, 4.69) is 22.6 Å². The third-order valence-corrected chi connectivity index (χ3v) is 3.38. The molecule has 90 valence electrons. The van der Waals surface area contributed by atoms with Gasteiger partial charge in [-0.3, -0.25) is 0 Å². The van der Waals surface area contributed by atoms with Crippen LogP contribution < -0.4 is 5.63 Å². The summed E-state index contributed by atoms with van der Waals surface area (Å²) in [4.78, 5) is 11.9. The van der Waals surface area contributed by atoms with Gasteiger partial charge in [0.25, 0.3) is 0 Å². The van der Waals surface area contributed by atoms with Gasteiger partial charge in [0.05, 0.1) is 6.20 Å². The zero-order chi connectivity index (χ0) is 12.7. The van der Waals surface area contributed by atoms with E-state index in [1.807, 2.05) is 54.0 Å². The molecule has 2 heterocycles. The lowest BCUT2D eigenvalue weighted by Gasteiger charge is -2.02. The van der Waals surface area contributed by atoms with E-state index in [1.165, 1.54) is 0 Å². The van der Waals surface area contributed by atoms with Crippen LogP contribution in [0.3, 0.4) is 0 Å². The van der Waals surface area contributed by atoms with Crippen LogP contribution in [0, 0.1) is 10.5 Å². The molecule has 18 heavy (non-hydrogen) atoms. The van der Waals surface area contributed by atoms with Gasteiger partial charge in [0.15, 0.2) is 5.76 Å². The van der Waals surface area contributed by atoms with Crippen molar-refractivity contribution in [3.05, 3.63) is 62.3 Å². The third-order valence-electron chi connectivity index (χ3n) is 2.79. The quantitative estimate of drug-likeness (QED) is 0.630. The van der Waals surface area contributed by atoms with E-state index in [4.69, 9.17) is 4.42 Å². The minimum absolute atomic E-state index is 0.308. The zero-order valence-electron chi connectivity index (χ0n) is 9.68. The van der Waals surface area contributed by atoms with Crippen LogP contribution in [0.2, 0.25) is 0 Å². The summed E-state index contributed by atoms with van der Waals surface area (Å²) in [6, 6.07) is 9.71. The van der Waals surface area contributed by atoms with Gasteiger partial charge in [-0.1, -0.05) is 23.8 Å². The van der Waals surface area contributed by atoms with Gasteiger partial charge in [0.1, 0.15) is 5.52 Å². The lowest BCUT2D eigenvalue weighted by atomic mass is 10.1. The molecule has 3 aromatic rings. The largest absolute Gasteiger partial charge is 0.420 e. The highest BCUT2D eigenvalue weighted by Crippen LogP contribution is 2.20. The number of aromatic nitrogens is 1. The molecule has 0 N–H and O–H groups in total. The highest BCUT2D eigenvalue weighted by molar-refractivity contribution is 14.1. The maximum absolute atomic E-state index is 11.9. The highest BCUT2D eigenvalue weighted by Gasteiger charge is 2.07. The average Bonchev–Trinajstić information content (AvgIpc) is 2.70. The number of hydrogen-bond donors (Lipinski definition) is 0. The molecule has 1 aromatic carbocycles. The molecule has 4 heteroatoms. The molecule has 0 aliphatic carbocycles. The van der Waals surface area contributed by atoms with Gasteiger partial charge in [-0.15, -0.1) is 0 Å². The van der Waals surface area contributed by atoms with Crippen molar-refractivity contribution in [2.45, 2.75) is 6.92 Å². The van der Waals surface area contributed by atoms with E-state index < -0.39 is 0 Å². The van der Waals surface area contributed by atoms with E-state index in [9.17, 15) is 4.79 Å². The van der Waals surface area contributed by atoms with Gasteiger partial charge >= 0.3 is 5.63 Å². The second-order valence-corrected chi connectivity index (χ2v) is 5.45. The molecule has 0 aliphatic rings. The predicted molar refractivity (Wildman–Crippen MR) is 78.8 cm³/mol. The van der Waals surface area contributed by atoms with Gasteiger partial charge < -0.3 is 8.82 Å². The van der Waals surface area contributed by atoms with E-state index in [0.717, 1.165) is 14.7 Å². The van der Waals surface area contributed by atoms with Crippen LogP contribution in [0.1, 0.15) is 5.56 Å². The molecule has 3 nitrogen and oxygen atoms in total. The normalized spacial score (nSPS) is 11.0. The predicted octanol–water partition coefficient (Wildman–Crippen LogP) is 3.47. The van der Waals surface area contributed by atoms with Crippen molar-refractivity contribution >= 4 is 28.1 Å². The SMILES string of the molecule is Cc1cccc(-c2cn3cc(I)cc3c(=O)o2)c1. The molecule has 0 saturated heterocycles. The summed E-state index contributed by atoms with van der Waals surface area (Å²) in [6.45, 7) is 2.01. The number of nitrogens with zero attached hydrogens (tertiary/aromatic N) is 1. The summed E-state index contributed by atoms with van der Waals surface area (Å²) in [7, 11) is 0. The highest BCUT2D eigenvalue weighted by atomic mass is 127. The first-order chi connectivity index (χ1) is 8.63. The number of aryl methyl sites for hydroxylation is 1. The van der Waals surface area contributed by atoms with E-state index in [-0.39, 0.29) is 5.63 Å². The summed E-state index contributed by atoms with van der Waals surface area (Å²) in [5, 5.41) is 0. The third kappa shape index (κ3) is 1.96. The molecule has 0 saturated carbocycles. The fourth-order valence-corrected chi connectivity index (χ4v) is 2.55. The second kappa shape index (κ2) is 4.28. The van der Waals surface area contributed by atoms with Crippen molar-refractivity contribution in [3.8, 4) is 11.3 Å². The van der Waals surface area contributed by atoms with Crippen molar-refractivity contribution < 1.29 is 4.42 Å². The smallest absolute Gasteiger partial charge is 0.360 e. The molecule has 0 spiro atoms. The number of hydrogen-bond acceptors (Lipinski definition) is 2. The van der Waals surface area contributed by atoms with Crippen LogP contribution in [0.4, 0.5) is 0 Å². The number of halogens is 1. The van der Waals surface area contributed by atoms with Crippen molar-refractivity contribution in [3.63, 3.8) is 0 Å². The summed E-state index contributed by atoms with van der Waals surface area (Å²) in [6.07, 6.45) is 3.75. The Bertz CT molecular complexity index is 786. The summed E-state index contributed by atoms with van der Waals surface area (Å²) in [5.41, 5.74) is 2.31. The Labute approximate surface area is 117 Å². The lowest BCUT2D eigenvalue weighted by Crippen LogP contribution is -2.03. The number of rotatable bonds is 1. The van der Waals surface area contributed by atoms with E-state index in [1.54, 1.807) is 0 Å². The molecule has 0 fully saturated rings. The zero-order valence-corrected chi connectivity index (χ0v) is 11.8. The van der Waals surface area contributed by atoms with Crippen LogP contribution in [0.5, 0.6) is 0 Å². The monoisotopic (exact) mass is 351 g/mol. The Morgan fingerprint density at radius 1 is 1.22 bits per heavy atom.